The second kappa shape index (κ2) is 13.1. The van der Waals surface area contributed by atoms with Crippen molar-refractivity contribution in [1.82, 2.24) is 15.3 Å². The Balaban J connectivity index is 1.27. The number of benzene rings is 2. The van der Waals surface area contributed by atoms with Crippen LogP contribution in [0.15, 0.2) is 46.9 Å². The Bertz CT molecular complexity index is 1250. The number of nitrogens with zero attached hydrogens (tertiary/aromatic N) is 3. The van der Waals surface area contributed by atoms with E-state index in [-0.39, 0.29) is 0 Å². The molecule has 1 atom stereocenters. The van der Waals surface area contributed by atoms with Crippen molar-refractivity contribution in [3.8, 4) is 17.1 Å². The maximum atomic E-state index is 11.4. The van der Waals surface area contributed by atoms with Gasteiger partial charge in [0.2, 0.25) is 0 Å². The summed E-state index contributed by atoms with van der Waals surface area (Å²) in [6.45, 7) is 5.47. The van der Waals surface area contributed by atoms with Crippen molar-refractivity contribution in [3.63, 3.8) is 0 Å². The van der Waals surface area contributed by atoms with E-state index < -0.39 is 5.97 Å². The molecule has 38 heavy (non-hydrogen) atoms. The molecule has 8 nitrogen and oxygen atoms in total. The number of unbranched alkanes of at least 4 members (excludes halogenated alkanes) is 1. The maximum Gasteiger partial charge on any atom is 0.335 e. The number of nitrogens with two attached hydrogens (primary N) is 1. The minimum atomic E-state index is -0.892. The number of aromatic nitrogens is 2. The molecule has 0 bridgehead atoms. The molecule has 1 fully saturated rings. The first kappa shape index (κ1) is 27.9. The number of carbonyl (C=O) groups is 1. The van der Waals surface area contributed by atoms with Gasteiger partial charge in [0, 0.05) is 41.4 Å². The van der Waals surface area contributed by atoms with Crippen molar-refractivity contribution in [1.29, 1.82) is 0 Å². The van der Waals surface area contributed by atoms with E-state index in [9.17, 15) is 9.90 Å². The normalized spacial score (nSPS) is 15.4. The zero-order valence-electron chi connectivity index (χ0n) is 22.0. The van der Waals surface area contributed by atoms with Crippen LogP contribution in [0, 0.1) is 12.8 Å². The molecule has 1 saturated heterocycles. The minimum absolute atomic E-state index is 0.328. The van der Waals surface area contributed by atoms with Gasteiger partial charge >= 0.3 is 5.97 Å². The molecule has 1 unspecified atom stereocenters. The lowest BCUT2D eigenvalue weighted by atomic mass is 9.92. The molecule has 0 aliphatic carbocycles. The number of methoxy groups -OCH3 is 1. The van der Waals surface area contributed by atoms with Gasteiger partial charge < -0.3 is 25.8 Å². The largest absolute Gasteiger partial charge is 0.497 e. The number of carboxylic acid groups (broad SMARTS) is 1. The van der Waals surface area contributed by atoms with Crippen LogP contribution < -0.4 is 20.7 Å². The van der Waals surface area contributed by atoms with E-state index in [1.54, 1.807) is 25.3 Å². The van der Waals surface area contributed by atoms with E-state index in [2.05, 4.69) is 42.2 Å². The highest BCUT2D eigenvalue weighted by Crippen LogP contribution is 2.32. The fourth-order valence-electron chi connectivity index (χ4n) is 5.07. The molecular weight excluding hydrogens is 546 g/mol. The number of carboxylic acids is 1. The zero-order chi connectivity index (χ0) is 27.1. The molecular formula is C29H36BrN5O3. The van der Waals surface area contributed by atoms with Crippen LogP contribution >= 0.6 is 15.9 Å². The van der Waals surface area contributed by atoms with Crippen LogP contribution in [-0.4, -0.2) is 47.8 Å². The second-order valence-electron chi connectivity index (χ2n) is 9.88. The SMILES string of the molecule is COc1ccc(CNCCCCC2CCCN(c3cc(C(=O)O)ccc3Br)C2)c(-c2nc(C)cc(N)n2)c1. The van der Waals surface area contributed by atoms with Gasteiger partial charge in [-0.05, 0) is 96.9 Å². The lowest BCUT2D eigenvalue weighted by Gasteiger charge is -2.35. The highest BCUT2D eigenvalue weighted by Gasteiger charge is 2.22. The van der Waals surface area contributed by atoms with Crippen molar-refractivity contribution in [2.75, 3.05) is 37.4 Å². The summed E-state index contributed by atoms with van der Waals surface area (Å²) in [5, 5.41) is 12.9. The highest BCUT2D eigenvalue weighted by atomic mass is 79.9. The predicted octanol–water partition coefficient (Wildman–Crippen LogP) is 5.68. The number of ether oxygens (including phenoxy) is 1. The summed E-state index contributed by atoms with van der Waals surface area (Å²) in [5.74, 6) is 1.55. The Labute approximate surface area is 232 Å². The first-order valence-corrected chi connectivity index (χ1v) is 13.9. The van der Waals surface area contributed by atoms with E-state index in [0.29, 0.717) is 29.7 Å². The van der Waals surface area contributed by atoms with Crippen molar-refractivity contribution < 1.29 is 14.6 Å². The number of nitrogens with one attached hydrogen (secondary N) is 1. The quantitative estimate of drug-likeness (QED) is 0.248. The third-order valence-corrected chi connectivity index (χ3v) is 7.69. The summed E-state index contributed by atoms with van der Waals surface area (Å²) >= 11 is 3.61. The Morgan fingerprint density at radius 3 is 2.82 bits per heavy atom. The number of aryl methyl sites for hydroxylation is 1. The van der Waals surface area contributed by atoms with Crippen molar-refractivity contribution in [2.24, 2.45) is 5.92 Å². The van der Waals surface area contributed by atoms with E-state index in [1.165, 1.54) is 12.8 Å². The molecule has 2 aromatic carbocycles. The number of aromatic carboxylic acids is 1. The molecule has 1 aliphatic rings. The maximum absolute atomic E-state index is 11.4. The molecule has 0 saturated carbocycles. The summed E-state index contributed by atoms with van der Waals surface area (Å²) in [5.41, 5.74) is 10.1. The summed E-state index contributed by atoms with van der Waals surface area (Å²) in [6.07, 6.45) is 5.75. The Kier molecular flexibility index (Phi) is 9.58. The average Bonchev–Trinajstić information content (AvgIpc) is 2.90. The molecule has 2 heterocycles. The molecule has 1 aliphatic heterocycles. The van der Waals surface area contributed by atoms with Crippen molar-refractivity contribution >= 4 is 33.4 Å². The Hall–Kier alpha value is -3.17. The molecule has 202 valence electrons. The molecule has 3 aromatic rings. The third-order valence-electron chi connectivity index (χ3n) is 7.02. The predicted molar refractivity (Wildman–Crippen MR) is 155 cm³/mol. The smallest absolute Gasteiger partial charge is 0.335 e. The van der Waals surface area contributed by atoms with E-state index in [1.807, 2.05) is 25.1 Å². The number of hydrogen-bond acceptors (Lipinski definition) is 7. The van der Waals surface area contributed by atoms with Crippen LogP contribution in [0.3, 0.4) is 0 Å². The number of hydrogen-bond donors (Lipinski definition) is 3. The monoisotopic (exact) mass is 581 g/mol. The summed E-state index contributed by atoms with van der Waals surface area (Å²) in [7, 11) is 1.65. The third kappa shape index (κ3) is 7.23. The van der Waals surface area contributed by atoms with Crippen molar-refractivity contribution in [2.45, 2.75) is 45.6 Å². The van der Waals surface area contributed by atoms with E-state index >= 15 is 0 Å². The molecule has 0 radical (unpaired) electrons. The molecule has 4 rings (SSSR count). The van der Waals surface area contributed by atoms with Gasteiger partial charge in [-0.1, -0.05) is 12.5 Å². The molecule has 9 heteroatoms. The number of halogens is 1. The zero-order valence-corrected chi connectivity index (χ0v) is 23.6. The number of anilines is 2. The van der Waals surface area contributed by atoms with Gasteiger partial charge in [-0.25, -0.2) is 14.8 Å². The van der Waals surface area contributed by atoms with Gasteiger partial charge in [-0.15, -0.1) is 0 Å². The number of piperidine rings is 1. The first-order chi connectivity index (χ1) is 18.3. The average molecular weight is 583 g/mol. The lowest BCUT2D eigenvalue weighted by molar-refractivity contribution is 0.0697. The fraction of sp³-hybridized carbons (Fsp3) is 0.414. The van der Waals surface area contributed by atoms with E-state index in [0.717, 1.165) is 71.6 Å². The highest BCUT2D eigenvalue weighted by molar-refractivity contribution is 9.10. The standard InChI is InChI=1S/C29H36BrN5O3/c1-19-14-27(31)34-28(33-19)24-16-23(38-2)10-8-22(24)17-32-12-4-3-6-20-7-5-13-35(18-20)26-15-21(29(36)37)9-11-25(26)30/h8-11,14-16,20,32H,3-7,12-13,17-18H2,1-2H3,(H,36,37)(H2,31,33,34). The Morgan fingerprint density at radius 1 is 1.21 bits per heavy atom. The van der Waals surface area contributed by atoms with Crippen LogP contribution in [0.1, 0.15) is 53.7 Å². The number of nitrogen functional groups attached to an aromatic ring is 1. The molecule has 0 amide bonds. The first-order valence-electron chi connectivity index (χ1n) is 13.1. The minimum Gasteiger partial charge on any atom is -0.497 e. The van der Waals surface area contributed by atoms with E-state index in [4.69, 9.17) is 10.5 Å². The second-order valence-corrected chi connectivity index (χ2v) is 10.7. The van der Waals surface area contributed by atoms with Gasteiger partial charge in [-0.3, -0.25) is 0 Å². The van der Waals surface area contributed by atoms with Gasteiger partial charge in [0.15, 0.2) is 5.82 Å². The molecule has 1 aromatic heterocycles. The van der Waals surface area contributed by atoms with Crippen LogP contribution in [0.2, 0.25) is 0 Å². The topological polar surface area (TPSA) is 114 Å². The van der Waals surface area contributed by atoms with Crippen LogP contribution in [0.5, 0.6) is 5.75 Å². The van der Waals surface area contributed by atoms with Gasteiger partial charge in [0.05, 0.1) is 18.4 Å². The van der Waals surface area contributed by atoms with Gasteiger partial charge in [0.25, 0.3) is 0 Å². The number of rotatable bonds is 11. The van der Waals surface area contributed by atoms with Gasteiger partial charge in [-0.2, -0.15) is 0 Å². The van der Waals surface area contributed by atoms with Crippen LogP contribution in [0.4, 0.5) is 11.5 Å². The Morgan fingerprint density at radius 2 is 2.05 bits per heavy atom. The lowest BCUT2D eigenvalue weighted by Crippen LogP contribution is -2.35. The van der Waals surface area contributed by atoms with Crippen LogP contribution in [0.25, 0.3) is 11.4 Å². The summed E-state index contributed by atoms with van der Waals surface area (Å²) in [4.78, 5) is 22.8. The molecule has 0 spiro atoms. The van der Waals surface area contributed by atoms with Crippen LogP contribution in [-0.2, 0) is 6.54 Å². The molecule has 4 N–H and O–H groups in total. The summed E-state index contributed by atoms with van der Waals surface area (Å²) < 4.78 is 6.37. The van der Waals surface area contributed by atoms with Gasteiger partial charge in [0.1, 0.15) is 11.6 Å². The fourth-order valence-corrected chi connectivity index (χ4v) is 5.57. The summed E-state index contributed by atoms with van der Waals surface area (Å²) in [6, 6.07) is 13.0. The van der Waals surface area contributed by atoms with Crippen molar-refractivity contribution in [3.05, 3.63) is 63.8 Å².